The number of aromatic nitrogens is 2. The predicted molar refractivity (Wildman–Crippen MR) is 105 cm³/mol. The van der Waals surface area contributed by atoms with Gasteiger partial charge in [-0.15, -0.1) is 12.4 Å². The van der Waals surface area contributed by atoms with Crippen LogP contribution in [0.25, 0.3) is 11.3 Å². The first-order valence-electron chi connectivity index (χ1n) is 8.85. The normalized spacial score (nSPS) is 17.7. The van der Waals surface area contributed by atoms with Gasteiger partial charge in [-0.05, 0) is 54.8 Å². The summed E-state index contributed by atoms with van der Waals surface area (Å²) in [6, 6.07) is 17.2. The number of likely N-dealkylation sites (tertiary alicyclic amines) is 1. The Labute approximate surface area is 159 Å². The van der Waals surface area contributed by atoms with E-state index in [1.54, 1.807) is 12.1 Å². The average molecular weight is 372 g/mol. The highest BCUT2D eigenvalue weighted by molar-refractivity contribution is 5.85. The van der Waals surface area contributed by atoms with E-state index in [2.05, 4.69) is 45.2 Å². The maximum Gasteiger partial charge on any atom is 0.123 e. The first kappa shape index (κ1) is 18.6. The van der Waals surface area contributed by atoms with Gasteiger partial charge in [0.1, 0.15) is 11.6 Å². The quantitative estimate of drug-likeness (QED) is 0.698. The molecule has 0 spiro atoms. The smallest absolute Gasteiger partial charge is 0.123 e. The van der Waals surface area contributed by atoms with E-state index < -0.39 is 0 Å². The van der Waals surface area contributed by atoms with E-state index in [1.807, 2.05) is 6.20 Å². The number of rotatable bonds is 4. The van der Waals surface area contributed by atoms with Crippen LogP contribution < -0.4 is 0 Å². The molecule has 0 saturated carbocycles. The van der Waals surface area contributed by atoms with Crippen molar-refractivity contribution in [2.24, 2.45) is 0 Å². The van der Waals surface area contributed by atoms with Crippen molar-refractivity contribution in [1.29, 1.82) is 0 Å². The van der Waals surface area contributed by atoms with Crippen molar-refractivity contribution >= 4 is 12.4 Å². The molecule has 1 N–H and O–H groups in total. The molecule has 3 aromatic rings. The van der Waals surface area contributed by atoms with Crippen molar-refractivity contribution in [1.82, 2.24) is 14.9 Å². The number of nitrogens with one attached hydrogen (secondary N) is 1. The third-order valence-electron chi connectivity index (χ3n) is 4.89. The summed E-state index contributed by atoms with van der Waals surface area (Å²) in [5.41, 5.74) is 3.28. The summed E-state index contributed by atoms with van der Waals surface area (Å²) in [5, 5.41) is 0. The molecule has 1 aromatic heterocycles. The molecule has 1 atom stereocenters. The first-order chi connectivity index (χ1) is 12.3. The third kappa shape index (κ3) is 4.32. The Hall–Kier alpha value is -2.17. The molecule has 1 fully saturated rings. The second kappa shape index (κ2) is 8.47. The highest BCUT2D eigenvalue weighted by Gasteiger charge is 2.23. The van der Waals surface area contributed by atoms with Crippen molar-refractivity contribution in [2.75, 3.05) is 13.1 Å². The Morgan fingerprint density at radius 3 is 2.62 bits per heavy atom. The van der Waals surface area contributed by atoms with Gasteiger partial charge in [-0.3, -0.25) is 4.90 Å². The van der Waals surface area contributed by atoms with Crippen LogP contribution >= 0.6 is 12.4 Å². The number of nitrogens with zero attached hydrogens (tertiary/aromatic N) is 2. The van der Waals surface area contributed by atoms with Gasteiger partial charge in [0.05, 0.1) is 11.9 Å². The van der Waals surface area contributed by atoms with Crippen LogP contribution in [0.3, 0.4) is 0 Å². The van der Waals surface area contributed by atoms with Gasteiger partial charge in [-0.25, -0.2) is 9.37 Å². The average Bonchev–Trinajstić information content (AvgIpc) is 3.14. The number of piperidine rings is 1. The van der Waals surface area contributed by atoms with E-state index in [9.17, 15) is 4.39 Å². The summed E-state index contributed by atoms with van der Waals surface area (Å²) in [4.78, 5) is 10.6. The molecule has 1 saturated heterocycles. The van der Waals surface area contributed by atoms with E-state index in [0.29, 0.717) is 5.92 Å². The molecule has 0 bridgehead atoms. The van der Waals surface area contributed by atoms with Crippen LogP contribution in [0, 0.1) is 5.82 Å². The zero-order chi connectivity index (χ0) is 17.1. The minimum Gasteiger partial charge on any atom is -0.342 e. The molecular weight excluding hydrogens is 349 g/mol. The topological polar surface area (TPSA) is 31.9 Å². The summed E-state index contributed by atoms with van der Waals surface area (Å²) >= 11 is 0. The molecule has 3 nitrogen and oxygen atoms in total. The second-order valence-corrected chi connectivity index (χ2v) is 6.75. The van der Waals surface area contributed by atoms with Gasteiger partial charge in [0.25, 0.3) is 0 Å². The lowest BCUT2D eigenvalue weighted by atomic mass is 9.97. The van der Waals surface area contributed by atoms with Crippen LogP contribution in [0.2, 0.25) is 0 Å². The molecule has 2 heterocycles. The number of imidazole rings is 1. The molecule has 2 aromatic carbocycles. The highest BCUT2D eigenvalue weighted by atomic mass is 35.5. The minimum atomic E-state index is -0.215. The lowest BCUT2D eigenvalue weighted by Gasteiger charge is -2.31. The van der Waals surface area contributed by atoms with Crippen LogP contribution in [-0.4, -0.2) is 28.0 Å². The Kier molecular flexibility index (Phi) is 6.07. The van der Waals surface area contributed by atoms with Gasteiger partial charge in [-0.1, -0.05) is 30.3 Å². The van der Waals surface area contributed by atoms with E-state index >= 15 is 0 Å². The SMILES string of the molecule is Cl.Fc1ccc(-c2cnc(C3CCCN(Cc4ccccc4)C3)[nH]2)cc1. The summed E-state index contributed by atoms with van der Waals surface area (Å²) < 4.78 is 13.1. The molecular formula is C21H23ClFN3. The monoisotopic (exact) mass is 371 g/mol. The first-order valence-corrected chi connectivity index (χ1v) is 8.85. The Morgan fingerprint density at radius 1 is 1.08 bits per heavy atom. The molecule has 1 aliphatic rings. The van der Waals surface area contributed by atoms with Gasteiger partial charge in [-0.2, -0.15) is 0 Å². The van der Waals surface area contributed by atoms with Gasteiger partial charge < -0.3 is 4.98 Å². The van der Waals surface area contributed by atoms with Crippen molar-refractivity contribution in [3.05, 3.63) is 78.0 Å². The van der Waals surface area contributed by atoms with Crippen LogP contribution in [0.1, 0.15) is 30.1 Å². The number of hydrogen-bond acceptors (Lipinski definition) is 2. The number of aromatic amines is 1. The fraction of sp³-hybridized carbons (Fsp3) is 0.286. The summed E-state index contributed by atoms with van der Waals surface area (Å²) in [5.74, 6) is 1.25. The summed E-state index contributed by atoms with van der Waals surface area (Å²) in [6.45, 7) is 3.14. The van der Waals surface area contributed by atoms with E-state index in [4.69, 9.17) is 0 Å². The van der Waals surface area contributed by atoms with Crippen LogP contribution in [0.5, 0.6) is 0 Å². The largest absolute Gasteiger partial charge is 0.342 e. The van der Waals surface area contributed by atoms with Gasteiger partial charge in [0, 0.05) is 19.0 Å². The third-order valence-corrected chi connectivity index (χ3v) is 4.89. The lowest BCUT2D eigenvalue weighted by molar-refractivity contribution is 0.197. The van der Waals surface area contributed by atoms with E-state index in [0.717, 1.165) is 43.1 Å². The molecule has 0 aliphatic carbocycles. The molecule has 0 amide bonds. The predicted octanol–water partition coefficient (Wildman–Crippen LogP) is 5.02. The number of hydrogen-bond donors (Lipinski definition) is 1. The maximum atomic E-state index is 13.1. The van der Waals surface area contributed by atoms with Crippen LogP contribution in [-0.2, 0) is 6.54 Å². The Balaban J connectivity index is 0.00000196. The highest BCUT2D eigenvalue weighted by Crippen LogP contribution is 2.28. The summed E-state index contributed by atoms with van der Waals surface area (Å²) in [6.07, 6.45) is 4.20. The van der Waals surface area contributed by atoms with Crippen molar-refractivity contribution in [3.63, 3.8) is 0 Å². The van der Waals surface area contributed by atoms with Crippen molar-refractivity contribution < 1.29 is 4.39 Å². The molecule has 136 valence electrons. The van der Waals surface area contributed by atoms with E-state index in [1.165, 1.54) is 24.1 Å². The van der Waals surface area contributed by atoms with Gasteiger partial charge >= 0.3 is 0 Å². The van der Waals surface area contributed by atoms with Gasteiger partial charge in [0.2, 0.25) is 0 Å². The number of H-pyrrole nitrogens is 1. The molecule has 0 radical (unpaired) electrons. The number of halogens is 2. The van der Waals surface area contributed by atoms with Crippen LogP contribution in [0.4, 0.5) is 4.39 Å². The molecule has 1 aliphatic heterocycles. The summed E-state index contributed by atoms with van der Waals surface area (Å²) in [7, 11) is 0. The van der Waals surface area contributed by atoms with Crippen LogP contribution in [0.15, 0.2) is 60.8 Å². The fourth-order valence-corrected chi connectivity index (χ4v) is 3.58. The molecule has 4 rings (SSSR count). The van der Waals surface area contributed by atoms with Gasteiger partial charge in [0.15, 0.2) is 0 Å². The number of benzene rings is 2. The minimum absolute atomic E-state index is 0. The van der Waals surface area contributed by atoms with E-state index in [-0.39, 0.29) is 18.2 Å². The molecule has 5 heteroatoms. The van der Waals surface area contributed by atoms with Crippen molar-refractivity contribution in [2.45, 2.75) is 25.3 Å². The molecule has 26 heavy (non-hydrogen) atoms. The Bertz CT molecular complexity index is 817. The maximum absolute atomic E-state index is 13.1. The molecule has 1 unspecified atom stereocenters. The standard InChI is InChI=1S/C21H22FN3.ClH/c22-19-10-8-17(9-11-19)20-13-23-21(24-20)18-7-4-12-25(15-18)14-16-5-2-1-3-6-16;/h1-3,5-6,8-11,13,18H,4,7,12,14-15H2,(H,23,24);1H. The fourth-order valence-electron chi connectivity index (χ4n) is 3.58. The van der Waals surface area contributed by atoms with Crippen molar-refractivity contribution in [3.8, 4) is 11.3 Å². The second-order valence-electron chi connectivity index (χ2n) is 6.75. The Morgan fingerprint density at radius 2 is 1.85 bits per heavy atom. The zero-order valence-electron chi connectivity index (χ0n) is 14.6. The zero-order valence-corrected chi connectivity index (χ0v) is 15.4. The lowest BCUT2D eigenvalue weighted by Crippen LogP contribution is -2.34.